The van der Waals surface area contributed by atoms with Gasteiger partial charge in [0.1, 0.15) is 17.0 Å². The summed E-state index contributed by atoms with van der Waals surface area (Å²) in [6.07, 6.45) is 3.77. The van der Waals surface area contributed by atoms with Crippen LogP contribution in [0.1, 0.15) is 37.7 Å². The number of likely N-dealkylation sites (N-methyl/N-ethyl adjacent to an activating group) is 1. The van der Waals surface area contributed by atoms with Crippen molar-refractivity contribution in [3.8, 4) is 23.1 Å². The van der Waals surface area contributed by atoms with E-state index in [-0.39, 0.29) is 11.9 Å². The molecule has 0 radical (unpaired) electrons. The molecule has 2 N–H and O–H groups in total. The molecular weight excluding hydrogens is 472 g/mol. The third kappa shape index (κ3) is 6.05. The number of benzene rings is 1. The molecule has 0 fully saturated rings. The summed E-state index contributed by atoms with van der Waals surface area (Å²) in [6.45, 7) is 7.72. The second-order valence-electron chi connectivity index (χ2n) is 9.08. The minimum Gasteiger partial charge on any atom is -0.329 e. The lowest BCUT2D eigenvalue weighted by molar-refractivity contribution is -0.117. The van der Waals surface area contributed by atoms with E-state index in [9.17, 15) is 4.79 Å². The van der Waals surface area contributed by atoms with E-state index in [4.69, 9.17) is 4.99 Å². The largest absolute Gasteiger partial charge is 0.329 e. The van der Waals surface area contributed by atoms with Gasteiger partial charge in [-0.05, 0) is 88.5 Å². The fourth-order valence-electron chi connectivity index (χ4n) is 3.93. The number of pyridine rings is 3. The van der Waals surface area contributed by atoms with Crippen molar-refractivity contribution in [1.82, 2.24) is 19.9 Å². The van der Waals surface area contributed by atoms with Crippen molar-refractivity contribution >= 4 is 22.5 Å². The van der Waals surface area contributed by atoms with E-state index in [0.717, 1.165) is 44.5 Å². The minimum atomic E-state index is -0.368. The lowest BCUT2D eigenvalue weighted by Crippen LogP contribution is -2.35. The standard InChI is InChI=1S/C31H32N6O/c1-7-20(2)34-30-10-8-9-28(37(30)6)25-18-26(35-29(19-25)36-31(38)22(4)32-5)13-11-23-12-14-27-21(3)33-16-15-24(27)17-23/h7-10,12,14-19,22,32H,1-6H3,(H,35,36,38)/b20-7+,34-30?. The van der Waals surface area contributed by atoms with Crippen LogP contribution in [0.3, 0.4) is 0 Å². The maximum atomic E-state index is 12.6. The van der Waals surface area contributed by atoms with E-state index in [1.54, 1.807) is 20.2 Å². The highest BCUT2D eigenvalue weighted by Crippen LogP contribution is 2.22. The molecule has 1 unspecified atom stereocenters. The molecule has 3 heterocycles. The van der Waals surface area contributed by atoms with Crippen molar-refractivity contribution in [2.24, 2.45) is 12.0 Å². The van der Waals surface area contributed by atoms with Crippen LogP contribution in [0.4, 0.5) is 5.82 Å². The lowest BCUT2D eigenvalue weighted by Gasteiger charge is -2.14. The highest BCUT2D eigenvalue weighted by atomic mass is 16.2. The zero-order chi connectivity index (χ0) is 27.2. The van der Waals surface area contributed by atoms with Crippen LogP contribution in [0.2, 0.25) is 0 Å². The fraction of sp³-hybridized carbons (Fsp3) is 0.226. The van der Waals surface area contributed by atoms with Crippen molar-refractivity contribution in [3.63, 3.8) is 0 Å². The Morgan fingerprint density at radius 3 is 2.71 bits per heavy atom. The number of fused-ring (bicyclic) bond motifs is 1. The zero-order valence-electron chi connectivity index (χ0n) is 22.6. The Bertz CT molecular complexity index is 1670. The molecule has 0 saturated heterocycles. The van der Waals surface area contributed by atoms with Crippen molar-refractivity contribution in [2.75, 3.05) is 12.4 Å². The first kappa shape index (κ1) is 26.5. The van der Waals surface area contributed by atoms with Gasteiger partial charge in [0.2, 0.25) is 5.91 Å². The van der Waals surface area contributed by atoms with Gasteiger partial charge in [-0.3, -0.25) is 9.78 Å². The smallest absolute Gasteiger partial charge is 0.242 e. The first-order valence-electron chi connectivity index (χ1n) is 12.5. The van der Waals surface area contributed by atoms with E-state index in [1.807, 2.05) is 93.1 Å². The Morgan fingerprint density at radius 1 is 1.13 bits per heavy atom. The third-order valence-electron chi connectivity index (χ3n) is 6.41. The first-order chi connectivity index (χ1) is 18.3. The molecule has 0 bridgehead atoms. The summed E-state index contributed by atoms with van der Waals surface area (Å²) in [5.74, 6) is 6.69. The number of anilines is 1. The number of nitrogens with one attached hydrogen (secondary N) is 2. The Balaban J connectivity index is 1.81. The second-order valence-corrected chi connectivity index (χ2v) is 9.08. The van der Waals surface area contributed by atoms with Gasteiger partial charge in [0, 0.05) is 46.8 Å². The van der Waals surface area contributed by atoms with Gasteiger partial charge in [0.25, 0.3) is 0 Å². The van der Waals surface area contributed by atoms with Crippen molar-refractivity contribution in [2.45, 2.75) is 33.7 Å². The summed E-state index contributed by atoms with van der Waals surface area (Å²) in [4.78, 5) is 26.3. The molecule has 1 aromatic carbocycles. The highest BCUT2D eigenvalue weighted by Gasteiger charge is 2.13. The number of aromatic nitrogens is 3. The number of hydrogen-bond donors (Lipinski definition) is 2. The van der Waals surface area contributed by atoms with Crippen LogP contribution in [0.25, 0.3) is 22.0 Å². The van der Waals surface area contributed by atoms with Crippen LogP contribution in [0, 0.1) is 18.8 Å². The Labute approximate surface area is 223 Å². The minimum absolute atomic E-state index is 0.175. The van der Waals surface area contributed by atoms with Crippen LogP contribution in [0.15, 0.2) is 77.6 Å². The van der Waals surface area contributed by atoms with Gasteiger partial charge in [0.05, 0.1) is 6.04 Å². The van der Waals surface area contributed by atoms with Gasteiger partial charge in [0.15, 0.2) is 0 Å². The average molecular weight is 505 g/mol. The van der Waals surface area contributed by atoms with E-state index in [1.165, 1.54) is 0 Å². The molecule has 0 aliphatic heterocycles. The number of carbonyl (C=O) groups is 1. The summed E-state index contributed by atoms with van der Waals surface area (Å²) < 4.78 is 2.01. The number of amides is 1. The van der Waals surface area contributed by atoms with Crippen LogP contribution in [-0.4, -0.2) is 33.5 Å². The van der Waals surface area contributed by atoms with Crippen LogP contribution in [0.5, 0.6) is 0 Å². The highest BCUT2D eigenvalue weighted by molar-refractivity contribution is 5.94. The summed E-state index contributed by atoms with van der Waals surface area (Å²) >= 11 is 0. The Hall–Kier alpha value is -4.54. The summed E-state index contributed by atoms with van der Waals surface area (Å²) in [5, 5.41) is 8.07. The zero-order valence-corrected chi connectivity index (χ0v) is 22.6. The van der Waals surface area contributed by atoms with E-state index in [0.29, 0.717) is 11.5 Å². The van der Waals surface area contributed by atoms with Gasteiger partial charge in [-0.25, -0.2) is 9.98 Å². The summed E-state index contributed by atoms with van der Waals surface area (Å²) in [7, 11) is 3.71. The first-order valence-corrected chi connectivity index (χ1v) is 12.5. The van der Waals surface area contributed by atoms with E-state index >= 15 is 0 Å². The molecule has 7 heteroatoms. The SMILES string of the molecule is C/C=C(\C)N=c1cccc(-c2cc(C#Cc3ccc4c(C)nccc4c3)nc(NC(=O)C(C)NC)c2)n1C. The molecule has 4 aromatic rings. The molecular formula is C31H32N6O. The number of aryl methyl sites for hydroxylation is 1. The number of rotatable bonds is 5. The van der Waals surface area contributed by atoms with Gasteiger partial charge in [-0.15, -0.1) is 0 Å². The monoisotopic (exact) mass is 504 g/mol. The van der Waals surface area contributed by atoms with Crippen LogP contribution in [-0.2, 0) is 11.8 Å². The lowest BCUT2D eigenvalue weighted by atomic mass is 10.1. The normalized spacial score (nSPS) is 12.7. The maximum Gasteiger partial charge on any atom is 0.242 e. The number of hydrogen-bond acceptors (Lipinski definition) is 5. The number of carbonyl (C=O) groups excluding carboxylic acids is 1. The molecule has 0 aliphatic carbocycles. The third-order valence-corrected chi connectivity index (χ3v) is 6.41. The summed E-state index contributed by atoms with van der Waals surface area (Å²) in [6, 6.07) is 17.4. The molecule has 0 aliphatic rings. The topological polar surface area (TPSA) is 84.2 Å². The molecule has 1 amide bonds. The quantitative estimate of drug-likeness (QED) is 0.386. The second kappa shape index (κ2) is 11.7. The molecule has 4 rings (SSSR count). The Kier molecular flexibility index (Phi) is 8.15. The average Bonchev–Trinajstić information content (AvgIpc) is 2.92. The molecule has 192 valence electrons. The molecule has 7 nitrogen and oxygen atoms in total. The number of allylic oxidation sites excluding steroid dienone is 2. The van der Waals surface area contributed by atoms with Gasteiger partial charge >= 0.3 is 0 Å². The molecule has 3 aromatic heterocycles. The maximum absolute atomic E-state index is 12.6. The number of nitrogens with zero attached hydrogens (tertiary/aromatic N) is 4. The Morgan fingerprint density at radius 2 is 1.95 bits per heavy atom. The van der Waals surface area contributed by atoms with Crippen molar-refractivity contribution in [1.29, 1.82) is 0 Å². The molecule has 0 spiro atoms. The predicted molar refractivity (Wildman–Crippen MR) is 153 cm³/mol. The molecule has 38 heavy (non-hydrogen) atoms. The van der Waals surface area contributed by atoms with Crippen LogP contribution >= 0.6 is 0 Å². The molecule has 0 saturated carbocycles. The van der Waals surface area contributed by atoms with Crippen LogP contribution < -0.4 is 16.1 Å². The van der Waals surface area contributed by atoms with Crippen molar-refractivity contribution in [3.05, 3.63) is 95.0 Å². The predicted octanol–water partition coefficient (Wildman–Crippen LogP) is 4.71. The summed E-state index contributed by atoms with van der Waals surface area (Å²) in [5.41, 5.74) is 5.94. The van der Waals surface area contributed by atoms with Gasteiger partial charge in [-0.2, -0.15) is 0 Å². The van der Waals surface area contributed by atoms with Gasteiger partial charge < -0.3 is 15.2 Å². The van der Waals surface area contributed by atoms with E-state index < -0.39 is 0 Å². The van der Waals surface area contributed by atoms with Gasteiger partial charge in [-0.1, -0.05) is 24.1 Å². The molecule has 1 atom stereocenters. The van der Waals surface area contributed by atoms with E-state index in [2.05, 4.69) is 32.4 Å². The van der Waals surface area contributed by atoms with Crippen molar-refractivity contribution < 1.29 is 4.79 Å². The fourth-order valence-corrected chi connectivity index (χ4v) is 3.93.